The molecule has 0 aromatic heterocycles. The van der Waals surface area contributed by atoms with Gasteiger partial charge < -0.3 is 24.9 Å². The molecule has 14 nitrogen and oxygen atoms in total. The molecule has 1 aromatic rings. The predicted molar refractivity (Wildman–Crippen MR) is 195 cm³/mol. The van der Waals surface area contributed by atoms with E-state index in [4.69, 9.17) is 9.47 Å². The third-order valence-corrected chi connectivity index (χ3v) is 13.2. The Morgan fingerprint density at radius 2 is 1.85 bits per heavy atom. The molecule has 1 unspecified atom stereocenters. The maximum atomic E-state index is 14.2. The van der Waals surface area contributed by atoms with E-state index in [9.17, 15) is 36.8 Å². The number of aldehydes is 1. The number of allylic oxidation sites excluding steroid dienone is 1. The average molecular weight is 774 g/mol. The molecule has 2 aliphatic heterocycles. The molecule has 296 valence electrons. The van der Waals surface area contributed by atoms with Gasteiger partial charge in [-0.1, -0.05) is 37.1 Å². The lowest BCUT2D eigenvalue weighted by Gasteiger charge is -2.25. The van der Waals surface area contributed by atoms with Crippen LogP contribution >= 0.6 is 0 Å². The molecule has 0 spiro atoms. The fourth-order valence-corrected chi connectivity index (χ4v) is 8.92. The number of unbranched alkanes of at least 4 members (excludes halogenated alkanes) is 3. The van der Waals surface area contributed by atoms with Gasteiger partial charge >= 0.3 is 12.2 Å². The van der Waals surface area contributed by atoms with Crippen LogP contribution < -0.4 is 15.4 Å². The summed E-state index contributed by atoms with van der Waals surface area (Å²) in [7, 11) is -2.15. The third-order valence-electron chi connectivity index (χ3n) is 11.4. The average Bonchev–Trinajstić information content (AvgIpc) is 4.02. The lowest BCUT2D eigenvalue weighted by Crippen LogP contribution is -2.55. The Kier molecular flexibility index (Phi) is 11.7. The van der Waals surface area contributed by atoms with Crippen LogP contribution in [0, 0.1) is 17.7 Å². The zero-order chi connectivity index (χ0) is 38.8. The minimum Gasteiger partial charge on any atom is -0.445 e. The van der Waals surface area contributed by atoms with Crippen LogP contribution in [0.4, 0.5) is 14.0 Å². The summed E-state index contributed by atoms with van der Waals surface area (Å²) in [5, 5.41) is 4.89. The highest BCUT2D eigenvalue weighted by Crippen LogP contribution is 2.46. The first-order valence-corrected chi connectivity index (χ1v) is 20.6. The summed E-state index contributed by atoms with van der Waals surface area (Å²) in [6.07, 6.45) is 9.43. The molecule has 16 heteroatoms. The zero-order valence-corrected chi connectivity index (χ0v) is 32.0. The predicted octanol–water partition coefficient (Wildman–Crippen LogP) is 3.82. The molecule has 4 amide bonds. The van der Waals surface area contributed by atoms with E-state index in [-0.39, 0.29) is 38.3 Å². The van der Waals surface area contributed by atoms with Crippen LogP contribution in [0.2, 0.25) is 0 Å². The van der Waals surface area contributed by atoms with E-state index < -0.39 is 74.5 Å². The standard InChI is InChI=1S/C38H52FN5O9S/c1-37(2,25-14-15-25)53-35(48)40-27(23-45)12-8-6-4-5-7-11-26-19-38(26,34(47)42-54(50,51)29-16-17-29)41-33(46)32-18-28(21-43(32)3)52-36(49)44-20-24-10-9-13-31(39)30(24)22-44/h7,9-11,13,23,25-29,32H,4-6,8,12,14-22H2,1-3H3,(H,40,48)(H,41,46)(H,42,47)/b11-7-/t26-,27+,28-,32?,38-/m1/s1. The fraction of sp³-hybridized carbons (Fsp3) is 0.658. The Bertz CT molecular complexity index is 1760. The van der Waals surface area contributed by atoms with Gasteiger partial charge in [0.05, 0.1) is 23.9 Å². The van der Waals surface area contributed by atoms with Gasteiger partial charge in [0.15, 0.2) is 0 Å². The minimum atomic E-state index is -3.86. The van der Waals surface area contributed by atoms with Crippen molar-refractivity contribution >= 4 is 40.3 Å². The van der Waals surface area contributed by atoms with Crippen LogP contribution in [-0.2, 0) is 47.0 Å². The van der Waals surface area contributed by atoms with E-state index in [0.717, 1.165) is 31.2 Å². The smallest absolute Gasteiger partial charge is 0.410 e. The maximum Gasteiger partial charge on any atom is 0.410 e. The van der Waals surface area contributed by atoms with E-state index >= 15 is 0 Å². The first kappa shape index (κ1) is 39.6. The molecule has 2 heterocycles. The highest BCUT2D eigenvalue weighted by molar-refractivity contribution is 7.91. The molecule has 3 saturated carbocycles. The van der Waals surface area contributed by atoms with Gasteiger partial charge in [-0.05, 0) is 89.8 Å². The monoisotopic (exact) mass is 773 g/mol. The van der Waals surface area contributed by atoms with Crippen molar-refractivity contribution in [3.05, 3.63) is 47.3 Å². The number of ether oxygens (including phenoxy) is 2. The number of hydrogen-bond acceptors (Lipinski definition) is 10. The largest absolute Gasteiger partial charge is 0.445 e. The van der Waals surface area contributed by atoms with Crippen molar-refractivity contribution in [2.45, 2.75) is 132 Å². The first-order chi connectivity index (χ1) is 25.6. The molecule has 3 aliphatic carbocycles. The summed E-state index contributed by atoms with van der Waals surface area (Å²) in [5.41, 5.74) is -0.824. The molecule has 0 radical (unpaired) electrons. The van der Waals surface area contributed by atoms with Gasteiger partial charge in [0.25, 0.3) is 5.91 Å². The Labute approximate surface area is 316 Å². The van der Waals surface area contributed by atoms with Crippen LogP contribution in [0.5, 0.6) is 0 Å². The topological polar surface area (TPSA) is 181 Å². The van der Waals surface area contributed by atoms with Gasteiger partial charge in [0.2, 0.25) is 15.9 Å². The SMILES string of the molecule is CN1C[C@H](OC(=O)N2Cc3cccc(F)c3C2)CC1C(=O)N[C@]1(C(=O)NS(=O)(=O)C2CC2)C[C@H]1/C=C\CCCCC[C@@H](C=O)NC(=O)OC(C)(C)C1CC1. The van der Waals surface area contributed by atoms with Crippen molar-refractivity contribution in [2.75, 3.05) is 13.6 Å². The van der Waals surface area contributed by atoms with Crippen molar-refractivity contribution in [1.82, 2.24) is 25.2 Å². The number of amides is 4. The molecule has 0 bridgehead atoms. The number of sulfonamides is 1. The summed E-state index contributed by atoms with van der Waals surface area (Å²) in [5.74, 6) is -1.70. The van der Waals surface area contributed by atoms with E-state index in [1.165, 1.54) is 11.0 Å². The highest BCUT2D eigenvalue weighted by Gasteiger charge is 2.62. The van der Waals surface area contributed by atoms with Crippen LogP contribution in [0.15, 0.2) is 30.4 Å². The molecule has 4 fully saturated rings. The van der Waals surface area contributed by atoms with Crippen molar-refractivity contribution in [3.8, 4) is 0 Å². The Morgan fingerprint density at radius 1 is 1.09 bits per heavy atom. The minimum absolute atomic E-state index is 0.0960. The molecule has 1 saturated heterocycles. The maximum absolute atomic E-state index is 14.2. The zero-order valence-electron chi connectivity index (χ0n) is 31.2. The Morgan fingerprint density at radius 3 is 2.54 bits per heavy atom. The molecular weight excluding hydrogens is 722 g/mol. The number of nitrogens with one attached hydrogen (secondary N) is 3. The summed E-state index contributed by atoms with van der Waals surface area (Å²) >= 11 is 0. The van der Waals surface area contributed by atoms with Crippen molar-refractivity contribution in [3.63, 3.8) is 0 Å². The van der Waals surface area contributed by atoms with Crippen molar-refractivity contribution < 1.29 is 46.3 Å². The van der Waals surface area contributed by atoms with Crippen LogP contribution in [-0.4, -0.2) is 96.7 Å². The van der Waals surface area contributed by atoms with Gasteiger partial charge in [-0.25, -0.2) is 22.4 Å². The number of likely N-dealkylation sites (tertiary alicyclic amines) is 1. The number of halogens is 1. The normalized spacial score (nSPS) is 25.9. The number of alkyl carbamates (subject to hydrolysis) is 1. The van der Waals surface area contributed by atoms with E-state index in [0.29, 0.717) is 49.9 Å². The molecule has 3 N–H and O–H groups in total. The van der Waals surface area contributed by atoms with Crippen LogP contribution in [0.25, 0.3) is 0 Å². The first-order valence-electron chi connectivity index (χ1n) is 19.0. The number of fused-ring (bicyclic) bond motifs is 1. The van der Waals surface area contributed by atoms with Crippen LogP contribution in [0.1, 0.15) is 95.6 Å². The van der Waals surface area contributed by atoms with Crippen molar-refractivity contribution in [2.24, 2.45) is 11.8 Å². The number of nitrogens with zero attached hydrogens (tertiary/aromatic N) is 2. The van der Waals surface area contributed by atoms with Gasteiger partial charge in [-0.3, -0.25) is 24.1 Å². The second-order valence-corrected chi connectivity index (χ2v) is 18.1. The molecule has 1 aromatic carbocycles. The Balaban J connectivity index is 0.975. The molecule has 54 heavy (non-hydrogen) atoms. The van der Waals surface area contributed by atoms with Gasteiger partial charge in [0.1, 0.15) is 29.3 Å². The van der Waals surface area contributed by atoms with E-state index in [1.54, 1.807) is 24.1 Å². The number of likely N-dealkylation sites (N-methyl/N-ethyl adjacent to an activating group) is 1. The van der Waals surface area contributed by atoms with E-state index in [1.807, 2.05) is 26.0 Å². The van der Waals surface area contributed by atoms with Gasteiger partial charge in [-0.2, -0.15) is 0 Å². The summed E-state index contributed by atoms with van der Waals surface area (Å²) in [6.45, 7) is 4.34. The lowest BCUT2D eigenvalue weighted by molar-refractivity contribution is -0.131. The second kappa shape index (κ2) is 16.0. The third kappa shape index (κ3) is 9.42. The fourth-order valence-electron chi connectivity index (χ4n) is 7.56. The highest BCUT2D eigenvalue weighted by atomic mass is 32.2. The summed E-state index contributed by atoms with van der Waals surface area (Å²) in [4.78, 5) is 67.2. The lowest BCUT2D eigenvalue weighted by atomic mass is 10.0. The molecule has 5 aliphatic rings. The quantitative estimate of drug-likeness (QED) is 0.120. The summed E-state index contributed by atoms with van der Waals surface area (Å²) < 4.78 is 53.1. The number of benzene rings is 1. The molecule has 6 rings (SSSR count). The van der Waals surface area contributed by atoms with E-state index in [2.05, 4.69) is 15.4 Å². The Hall–Kier alpha value is -4.05. The number of carbonyl (C=O) groups excluding carboxylic acids is 5. The van der Waals surface area contributed by atoms with Crippen molar-refractivity contribution in [1.29, 1.82) is 0 Å². The second-order valence-electron chi connectivity index (χ2n) is 16.1. The number of carbonyl (C=O) groups is 5. The van der Waals surface area contributed by atoms with Crippen LogP contribution in [0.3, 0.4) is 0 Å². The molecule has 5 atom stereocenters. The summed E-state index contributed by atoms with van der Waals surface area (Å²) in [6, 6.07) is 3.34. The number of rotatable bonds is 17. The van der Waals surface area contributed by atoms with Gasteiger partial charge in [-0.15, -0.1) is 0 Å². The number of hydrogen-bond donors (Lipinski definition) is 3. The van der Waals surface area contributed by atoms with Gasteiger partial charge in [0, 0.05) is 31.0 Å². The molecular formula is C38H52FN5O9S.